The summed E-state index contributed by atoms with van der Waals surface area (Å²) in [5.74, 6) is -4.89. The number of rotatable bonds is 5. The van der Waals surface area contributed by atoms with Gasteiger partial charge in [0.05, 0.1) is 24.2 Å². The van der Waals surface area contributed by atoms with Crippen molar-refractivity contribution in [1.29, 1.82) is 0 Å². The Morgan fingerprint density at radius 3 is 1.88 bits per heavy atom. The molecule has 2 aliphatic heterocycles. The lowest BCUT2D eigenvalue weighted by molar-refractivity contribution is -0.124. The van der Waals surface area contributed by atoms with Crippen molar-refractivity contribution in [2.45, 2.75) is 5.92 Å². The maximum absolute atomic E-state index is 14.0. The number of anilines is 2. The maximum Gasteiger partial charge on any atom is 0.238 e. The van der Waals surface area contributed by atoms with E-state index in [2.05, 4.69) is 0 Å². The van der Waals surface area contributed by atoms with Gasteiger partial charge in [0.2, 0.25) is 11.8 Å². The van der Waals surface area contributed by atoms with Crippen LogP contribution in [0.15, 0.2) is 78.2 Å². The predicted molar refractivity (Wildman–Crippen MR) is 152 cm³/mol. The number of hydrogen-bond acceptors (Lipinski definition) is 7. The maximum atomic E-state index is 14.0. The summed E-state index contributed by atoms with van der Waals surface area (Å²) in [4.78, 5) is 63.5. The zero-order chi connectivity index (χ0) is 28.1. The molecule has 0 saturated carbocycles. The van der Waals surface area contributed by atoms with E-state index < -0.39 is 41.1 Å². The molecular weight excluding hydrogens is 526 g/mol. The molecule has 4 aromatic rings. The molecular formula is C31H25N3O5S. The number of aromatic nitrogens is 1. The van der Waals surface area contributed by atoms with E-state index in [0.29, 0.717) is 39.0 Å². The van der Waals surface area contributed by atoms with E-state index in [1.807, 2.05) is 24.3 Å². The first-order valence-electron chi connectivity index (χ1n) is 12.7. The lowest BCUT2D eigenvalue weighted by atomic mass is 9.69. The number of ketones is 2. The van der Waals surface area contributed by atoms with Crippen LogP contribution in [0.25, 0.3) is 10.6 Å². The van der Waals surface area contributed by atoms with Crippen molar-refractivity contribution in [3.05, 3.63) is 95.0 Å². The summed E-state index contributed by atoms with van der Waals surface area (Å²) in [7, 11) is 4.78. The van der Waals surface area contributed by atoms with Gasteiger partial charge in [0, 0.05) is 42.1 Å². The third kappa shape index (κ3) is 3.93. The van der Waals surface area contributed by atoms with Crippen LogP contribution in [-0.4, -0.2) is 49.6 Å². The second-order valence-electron chi connectivity index (χ2n) is 9.85. The van der Waals surface area contributed by atoms with E-state index in [0.717, 1.165) is 5.56 Å². The molecule has 0 unspecified atom stereocenters. The molecule has 2 amide bonds. The highest BCUT2D eigenvalue weighted by Crippen LogP contribution is 2.45. The SMILES string of the molecule is COc1cccc(-c2nc(C([C@@H]3C(=O)c4ccccc4N(C)C3=O)[C@@H]3C(=O)c4ccccc4N(C)C3=O)cs2)c1. The predicted octanol–water partition coefficient (Wildman–Crippen LogP) is 4.85. The van der Waals surface area contributed by atoms with Gasteiger partial charge in [-0.1, -0.05) is 36.4 Å². The first kappa shape index (κ1) is 25.6. The number of hydrogen-bond donors (Lipinski definition) is 0. The number of methoxy groups -OCH3 is 1. The van der Waals surface area contributed by atoms with E-state index in [1.165, 1.54) is 21.1 Å². The van der Waals surface area contributed by atoms with Gasteiger partial charge in [-0.15, -0.1) is 11.3 Å². The molecule has 0 N–H and O–H groups in total. The molecule has 0 saturated heterocycles. The van der Waals surface area contributed by atoms with Crippen molar-refractivity contribution in [2.75, 3.05) is 31.0 Å². The van der Waals surface area contributed by atoms with Crippen LogP contribution in [0, 0.1) is 11.8 Å². The smallest absolute Gasteiger partial charge is 0.238 e. The molecule has 0 radical (unpaired) electrons. The first-order chi connectivity index (χ1) is 19.3. The van der Waals surface area contributed by atoms with Crippen molar-refractivity contribution in [3.8, 4) is 16.3 Å². The average molecular weight is 552 g/mol. The van der Waals surface area contributed by atoms with Crippen LogP contribution in [0.5, 0.6) is 5.75 Å². The molecule has 1 aromatic heterocycles. The quantitative estimate of drug-likeness (QED) is 0.329. The Morgan fingerprint density at radius 1 is 0.775 bits per heavy atom. The van der Waals surface area contributed by atoms with Gasteiger partial charge in [0.1, 0.15) is 22.6 Å². The third-order valence-corrected chi connectivity index (χ3v) is 8.63. The van der Waals surface area contributed by atoms with E-state index in [-0.39, 0.29) is 0 Å². The molecule has 2 aliphatic rings. The minimum Gasteiger partial charge on any atom is -0.497 e. The minimum absolute atomic E-state index is 0.349. The fraction of sp³-hybridized carbons (Fsp3) is 0.194. The summed E-state index contributed by atoms with van der Waals surface area (Å²) in [6.45, 7) is 0. The number of thiazole rings is 1. The molecule has 0 spiro atoms. The number of carbonyl (C=O) groups is 4. The fourth-order valence-electron chi connectivity index (χ4n) is 5.66. The second-order valence-corrected chi connectivity index (χ2v) is 10.7. The van der Waals surface area contributed by atoms with Crippen molar-refractivity contribution in [2.24, 2.45) is 11.8 Å². The van der Waals surface area contributed by atoms with Crippen molar-refractivity contribution in [3.63, 3.8) is 0 Å². The van der Waals surface area contributed by atoms with Gasteiger partial charge in [-0.05, 0) is 36.4 Å². The average Bonchev–Trinajstić information content (AvgIpc) is 3.48. The van der Waals surface area contributed by atoms with Gasteiger partial charge in [0.25, 0.3) is 0 Å². The minimum atomic E-state index is -1.31. The summed E-state index contributed by atoms with van der Waals surface area (Å²) >= 11 is 1.32. The van der Waals surface area contributed by atoms with E-state index in [1.54, 1.807) is 75.1 Å². The molecule has 40 heavy (non-hydrogen) atoms. The summed E-state index contributed by atoms with van der Waals surface area (Å²) < 4.78 is 5.35. The molecule has 0 fully saturated rings. The normalized spacial score (nSPS) is 18.7. The van der Waals surface area contributed by atoms with E-state index in [9.17, 15) is 19.2 Å². The second kappa shape index (κ2) is 9.84. The van der Waals surface area contributed by atoms with Crippen molar-refractivity contribution < 1.29 is 23.9 Å². The lowest BCUT2D eigenvalue weighted by Gasteiger charge is -2.39. The summed E-state index contributed by atoms with van der Waals surface area (Å²) in [5.41, 5.74) is 2.85. The molecule has 9 heteroatoms. The summed E-state index contributed by atoms with van der Waals surface area (Å²) in [6.07, 6.45) is 0. The Morgan fingerprint density at radius 2 is 1.32 bits per heavy atom. The zero-order valence-electron chi connectivity index (χ0n) is 22.0. The van der Waals surface area contributed by atoms with Crippen LogP contribution < -0.4 is 14.5 Å². The summed E-state index contributed by atoms with van der Waals surface area (Å²) in [5, 5.41) is 2.36. The Hall–Kier alpha value is -4.63. The van der Waals surface area contributed by atoms with Crippen molar-refractivity contribution >= 4 is 46.1 Å². The Kier molecular flexibility index (Phi) is 6.31. The monoisotopic (exact) mass is 551 g/mol. The number of benzene rings is 3. The largest absolute Gasteiger partial charge is 0.497 e. The number of para-hydroxylation sites is 2. The number of Topliss-reactive ketones (excluding diaryl/α,β-unsaturated/α-hetero) is 2. The third-order valence-electron chi connectivity index (χ3n) is 7.72. The summed E-state index contributed by atoms with van der Waals surface area (Å²) in [6, 6.07) is 21.1. The molecule has 2 atom stereocenters. The Bertz CT molecular complexity index is 1610. The van der Waals surface area contributed by atoms with Crippen LogP contribution >= 0.6 is 11.3 Å². The van der Waals surface area contributed by atoms with Gasteiger partial charge in [-0.25, -0.2) is 4.98 Å². The van der Waals surface area contributed by atoms with Crippen LogP contribution in [-0.2, 0) is 9.59 Å². The highest BCUT2D eigenvalue weighted by atomic mass is 32.1. The first-order valence-corrected chi connectivity index (χ1v) is 13.6. The van der Waals surface area contributed by atoms with Crippen LogP contribution in [0.2, 0.25) is 0 Å². The number of nitrogens with zero attached hydrogens (tertiary/aromatic N) is 3. The van der Waals surface area contributed by atoms with Crippen LogP contribution in [0.4, 0.5) is 11.4 Å². The molecule has 0 aliphatic carbocycles. The highest BCUT2D eigenvalue weighted by molar-refractivity contribution is 7.13. The molecule has 3 aromatic carbocycles. The molecule has 0 bridgehead atoms. The number of fused-ring (bicyclic) bond motifs is 2. The van der Waals surface area contributed by atoms with E-state index >= 15 is 0 Å². The Labute approximate surface area is 234 Å². The molecule has 6 rings (SSSR count). The molecule has 200 valence electrons. The van der Waals surface area contributed by atoms with E-state index in [4.69, 9.17) is 9.72 Å². The van der Waals surface area contributed by atoms with Gasteiger partial charge in [0.15, 0.2) is 11.6 Å². The topological polar surface area (TPSA) is 96.9 Å². The highest BCUT2D eigenvalue weighted by Gasteiger charge is 2.53. The van der Waals surface area contributed by atoms with Gasteiger partial charge in [-0.2, -0.15) is 0 Å². The van der Waals surface area contributed by atoms with Crippen LogP contribution in [0.3, 0.4) is 0 Å². The molecule has 3 heterocycles. The van der Waals surface area contributed by atoms with Gasteiger partial charge >= 0.3 is 0 Å². The molecule has 8 nitrogen and oxygen atoms in total. The number of ether oxygens (including phenoxy) is 1. The van der Waals surface area contributed by atoms with Gasteiger partial charge < -0.3 is 14.5 Å². The number of carbonyl (C=O) groups excluding carboxylic acids is 4. The Balaban J connectivity index is 1.53. The van der Waals surface area contributed by atoms with Crippen molar-refractivity contribution in [1.82, 2.24) is 4.98 Å². The van der Waals surface area contributed by atoms with Crippen LogP contribution in [0.1, 0.15) is 32.3 Å². The van der Waals surface area contributed by atoms with Gasteiger partial charge in [-0.3, -0.25) is 19.2 Å². The standard InChI is InChI=1S/C31H25N3O5S/c1-33-22-13-6-4-11-19(22)27(35)25(30(33)37)24(21-16-40-29(32-21)17-9-8-10-18(15-17)39-3)26-28(36)20-12-5-7-14-23(20)34(2)31(26)38/h4-16,24-26H,1-3H3/t25-,26-/m1/s1. The number of amides is 2. The fourth-order valence-corrected chi connectivity index (χ4v) is 6.52. The lowest BCUT2D eigenvalue weighted by Crippen LogP contribution is -2.52. The zero-order valence-corrected chi connectivity index (χ0v) is 22.8.